The summed E-state index contributed by atoms with van der Waals surface area (Å²) in [4.78, 5) is 4.32. The number of likely N-dealkylation sites (N-methyl/N-ethyl adjacent to an activating group) is 1. The molecular formula is C14H14N4O. The van der Waals surface area contributed by atoms with E-state index in [-0.39, 0.29) is 0 Å². The van der Waals surface area contributed by atoms with E-state index in [9.17, 15) is 0 Å². The fourth-order valence-electron chi connectivity index (χ4n) is 1.98. The van der Waals surface area contributed by atoms with Crippen LogP contribution in [0.4, 0.5) is 0 Å². The predicted molar refractivity (Wildman–Crippen MR) is 72.7 cm³/mol. The van der Waals surface area contributed by atoms with E-state index in [1.165, 1.54) is 0 Å². The molecule has 3 aromatic rings. The maximum Gasteiger partial charge on any atom is 0.248 e. The number of hydrogen-bond acceptors (Lipinski definition) is 5. The van der Waals surface area contributed by atoms with Crippen molar-refractivity contribution in [1.82, 2.24) is 20.5 Å². The molecule has 0 radical (unpaired) electrons. The van der Waals surface area contributed by atoms with Crippen LogP contribution in [0.3, 0.4) is 0 Å². The van der Waals surface area contributed by atoms with Crippen molar-refractivity contribution in [2.75, 3.05) is 13.6 Å². The molecule has 0 saturated heterocycles. The summed E-state index contributed by atoms with van der Waals surface area (Å²) < 4.78 is 5.69. The Morgan fingerprint density at radius 1 is 1.16 bits per heavy atom. The molecule has 0 amide bonds. The van der Waals surface area contributed by atoms with E-state index in [2.05, 4.69) is 20.5 Å². The van der Waals surface area contributed by atoms with Crippen molar-refractivity contribution in [3.63, 3.8) is 0 Å². The highest BCUT2D eigenvalue weighted by Gasteiger charge is 2.11. The zero-order chi connectivity index (χ0) is 13.1. The van der Waals surface area contributed by atoms with Gasteiger partial charge < -0.3 is 9.73 Å². The Hall–Kier alpha value is -2.27. The molecule has 0 atom stereocenters. The minimum absolute atomic E-state index is 0.546. The van der Waals surface area contributed by atoms with E-state index in [1.54, 1.807) is 6.20 Å². The fraction of sp³-hybridized carbons (Fsp3) is 0.214. The number of nitrogens with one attached hydrogen (secondary N) is 1. The Bertz CT molecular complexity index is 687. The summed E-state index contributed by atoms with van der Waals surface area (Å²) in [5.74, 6) is 1.19. The van der Waals surface area contributed by atoms with Gasteiger partial charge in [0, 0.05) is 30.1 Å². The lowest BCUT2D eigenvalue weighted by Gasteiger charge is -2.00. The standard InChI is InChI=1S/C14H14N4O/c1-15-8-7-13-17-18-14(19-13)11-6-9-16-12-5-3-2-4-10(11)12/h2-6,9,15H,7-8H2,1H3. The second-order valence-electron chi connectivity index (χ2n) is 4.23. The normalized spacial score (nSPS) is 11.0. The maximum absolute atomic E-state index is 5.69. The van der Waals surface area contributed by atoms with Gasteiger partial charge in [0.15, 0.2) is 0 Å². The number of pyridine rings is 1. The van der Waals surface area contributed by atoms with E-state index >= 15 is 0 Å². The second kappa shape index (κ2) is 5.16. The molecule has 0 bridgehead atoms. The third-order valence-corrected chi connectivity index (χ3v) is 2.94. The number of rotatable bonds is 4. The van der Waals surface area contributed by atoms with Gasteiger partial charge in [-0.1, -0.05) is 18.2 Å². The van der Waals surface area contributed by atoms with Gasteiger partial charge in [0.25, 0.3) is 0 Å². The van der Waals surface area contributed by atoms with Crippen molar-refractivity contribution < 1.29 is 4.42 Å². The van der Waals surface area contributed by atoms with Crippen LogP contribution in [0.15, 0.2) is 40.9 Å². The van der Waals surface area contributed by atoms with Crippen LogP contribution in [0.25, 0.3) is 22.4 Å². The summed E-state index contributed by atoms with van der Waals surface area (Å²) in [7, 11) is 1.90. The lowest BCUT2D eigenvalue weighted by atomic mass is 10.1. The summed E-state index contributed by atoms with van der Waals surface area (Å²) in [6.07, 6.45) is 2.49. The smallest absolute Gasteiger partial charge is 0.248 e. The van der Waals surface area contributed by atoms with Crippen LogP contribution < -0.4 is 5.32 Å². The van der Waals surface area contributed by atoms with Crippen LogP contribution in [-0.2, 0) is 6.42 Å². The first-order chi connectivity index (χ1) is 9.38. The highest BCUT2D eigenvalue weighted by atomic mass is 16.4. The van der Waals surface area contributed by atoms with Crippen molar-refractivity contribution >= 4 is 10.9 Å². The Balaban J connectivity index is 2.02. The van der Waals surface area contributed by atoms with Gasteiger partial charge in [-0.15, -0.1) is 10.2 Å². The molecule has 0 fully saturated rings. The molecule has 19 heavy (non-hydrogen) atoms. The third kappa shape index (κ3) is 2.32. The average molecular weight is 254 g/mol. The number of nitrogens with zero attached hydrogens (tertiary/aromatic N) is 3. The Kier molecular flexibility index (Phi) is 3.20. The van der Waals surface area contributed by atoms with Crippen molar-refractivity contribution in [2.24, 2.45) is 0 Å². The monoisotopic (exact) mass is 254 g/mol. The fourth-order valence-corrected chi connectivity index (χ4v) is 1.98. The summed E-state index contributed by atoms with van der Waals surface area (Å²) in [6.45, 7) is 0.818. The van der Waals surface area contributed by atoms with Crippen molar-refractivity contribution in [2.45, 2.75) is 6.42 Å². The molecule has 2 aromatic heterocycles. The van der Waals surface area contributed by atoms with Gasteiger partial charge in [0.2, 0.25) is 11.8 Å². The van der Waals surface area contributed by atoms with Crippen molar-refractivity contribution in [3.05, 3.63) is 42.4 Å². The highest BCUT2D eigenvalue weighted by Crippen LogP contribution is 2.26. The molecular weight excluding hydrogens is 240 g/mol. The third-order valence-electron chi connectivity index (χ3n) is 2.94. The van der Waals surface area contributed by atoms with Crippen molar-refractivity contribution in [3.8, 4) is 11.5 Å². The van der Waals surface area contributed by atoms with Crippen LogP contribution in [0, 0.1) is 0 Å². The lowest BCUT2D eigenvalue weighted by molar-refractivity contribution is 0.500. The van der Waals surface area contributed by atoms with Gasteiger partial charge in [0.1, 0.15) is 0 Å². The highest BCUT2D eigenvalue weighted by molar-refractivity contribution is 5.91. The maximum atomic E-state index is 5.69. The van der Waals surface area contributed by atoms with E-state index < -0.39 is 0 Å². The molecule has 5 heteroatoms. The van der Waals surface area contributed by atoms with Crippen molar-refractivity contribution in [1.29, 1.82) is 0 Å². The summed E-state index contributed by atoms with van der Waals surface area (Å²) in [6, 6.07) is 9.82. The molecule has 0 aliphatic heterocycles. The molecule has 3 rings (SSSR count). The molecule has 1 aromatic carbocycles. The molecule has 5 nitrogen and oxygen atoms in total. The van der Waals surface area contributed by atoms with E-state index in [0.29, 0.717) is 11.8 Å². The molecule has 0 saturated carbocycles. The number of benzene rings is 1. The summed E-state index contributed by atoms with van der Waals surface area (Å²) in [5, 5.41) is 12.3. The zero-order valence-corrected chi connectivity index (χ0v) is 10.6. The van der Waals surface area contributed by atoms with Gasteiger partial charge in [0.05, 0.1) is 5.52 Å². The van der Waals surface area contributed by atoms with Gasteiger partial charge in [-0.2, -0.15) is 0 Å². The van der Waals surface area contributed by atoms with Crippen LogP contribution >= 0.6 is 0 Å². The minimum atomic E-state index is 0.546. The van der Waals surface area contributed by atoms with Crippen LogP contribution in [0.5, 0.6) is 0 Å². The summed E-state index contributed by atoms with van der Waals surface area (Å²) in [5.41, 5.74) is 1.85. The number of para-hydroxylation sites is 1. The molecule has 0 aliphatic carbocycles. The Labute approximate surface area is 110 Å². The van der Waals surface area contributed by atoms with E-state index in [0.717, 1.165) is 29.4 Å². The SMILES string of the molecule is CNCCc1nnc(-c2ccnc3ccccc23)o1. The average Bonchev–Trinajstić information content (AvgIpc) is 2.93. The molecule has 0 unspecified atom stereocenters. The molecule has 1 N–H and O–H groups in total. The summed E-state index contributed by atoms with van der Waals surface area (Å²) >= 11 is 0. The Morgan fingerprint density at radius 2 is 2.05 bits per heavy atom. The molecule has 96 valence electrons. The first-order valence-electron chi connectivity index (χ1n) is 6.19. The molecule has 0 aliphatic rings. The minimum Gasteiger partial charge on any atom is -0.421 e. The predicted octanol–water partition coefficient (Wildman–Crippen LogP) is 2.05. The Morgan fingerprint density at radius 3 is 2.95 bits per heavy atom. The lowest BCUT2D eigenvalue weighted by Crippen LogP contribution is -2.10. The van der Waals surface area contributed by atoms with Gasteiger partial charge in [-0.05, 0) is 19.2 Å². The largest absolute Gasteiger partial charge is 0.421 e. The quantitative estimate of drug-likeness (QED) is 0.772. The van der Waals surface area contributed by atoms with Crippen LogP contribution in [0.2, 0.25) is 0 Å². The first-order valence-corrected chi connectivity index (χ1v) is 6.19. The number of fused-ring (bicyclic) bond motifs is 1. The van der Waals surface area contributed by atoms with E-state index in [4.69, 9.17) is 4.42 Å². The van der Waals surface area contributed by atoms with Crippen LogP contribution in [-0.4, -0.2) is 28.8 Å². The topological polar surface area (TPSA) is 63.8 Å². The van der Waals surface area contributed by atoms with Crippen LogP contribution in [0.1, 0.15) is 5.89 Å². The van der Waals surface area contributed by atoms with E-state index in [1.807, 2.05) is 37.4 Å². The van der Waals surface area contributed by atoms with Gasteiger partial charge >= 0.3 is 0 Å². The number of aromatic nitrogens is 3. The first kappa shape index (κ1) is 11.8. The molecule has 0 spiro atoms. The number of hydrogen-bond donors (Lipinski definition) is 1. The zero-order valence-electron chi connectivity index (χ0n) is 10.6. The second-order valence-corrected chi connectivity index (χ2v) is 4.23. The van der Waals surface area contributed by atoms with Gasteiger partial charge in [-0.3, -0.25) is 4.98 Å². The molecule has 2 heterocycles. The van der Waals surface area contributed by atoms with Gasteiger partial charge in [-0.25, -0.2) is 0 Å².